The fourth-order valence-electron chi connectivity index (χ4n) is 1.46. The zero-order valence-electron chi connectivity index (χ0n) is 12.2. The molecular weight excluding hydrogens is 292 g/mol. The molecule has 0 aliphatic carbocycles. The van der Waals surface area contributed by atoms with Crippen LogP contribution >= 0.6 is 0 Å². The van der Waals surface area contributed by atoms with Gasteiger partial charge in [-0.25, -0.2) is 8.93 Å². The van der Waals surface area contributed by atoms with Crippen LogP contribution < -0.4 is 10.5 Å². The molecule has 0 aromatic heterocycles. The highest BCUT2D eigenvalue weighted by atomic mass is 32.2. The Morgan fingerprint density at radius 3 is 2.10 bits per heavy atom. The van der Waals surface area contributed by atoms with E-state index in [1.807, 2.05) is 30.3 Å². The first-order chi connectivity index (χ1) is 10.3. The first kappa shape index (κ1) is 18.2. The van der Waals surface area contributed by atoms with Crippen molar-refractivity contribution in [3.05, 3.63) is 30.3 Å². The van der Waals surface area contributed by atoms with Gasteiger partial charge in [-0.3, -0.25) is 0 Å². The summed E-state index contributed by atoms with van der Waals surface area (Å²) in [6.45, 7) is 4.23. The number of benzene rings is 1. The molecule has 1 aromatic rings. The van der Waals surface area contributed by atoms with E-state index in [0.29, 0.717) is 52.7 Å². The van der Waals surface area contributed by atoms with E-state index in [2.05, 4.69) is 4.72 Å². The molecule has 0 aliphatic heterocycles. The van der Waals surface area contributed by atoms with Crippen LogP contribution in [0.5, 0.6) is 0 Å². The minimum absolute atomic E-state index is 0.492. The minimum Gasteiger partial charge on any atom is -0.378 e. The lowest BCUT2D eigenvalue weighted by Gasteiger charge is -2.07. The number of rotatable bonds is 13. The van der Waals surface area contributed by atoms with E-state index in [1.54, 1.807) is 0 Å². The quantitative estimate of drug-likeness (QED) is 0.512. The van der Waals surface area contributed by atoms with Crippen molar-refractivity contribution >= 4 is 11.0 Å². The zero-order valence-corrected chi connectivity index (χ0v) is 13.0. The van der Waals surface area contributed by atoms with Crippen LogP contribution in [0.15, 0.2) is 35.2 Å². The van der Waals surface area contributed by atoms with Crippen molar-refractivity contribution in [2.75, 3.05) is 52.7 Å². The average Bonchev–Trinajstić information content (AvgIpc) is 2.53. The lowest BCUT2D eigenvalue weighted by Crippen LogP contribution is -2.23. The molecule has 0 spiro atoms. The maximum absolute atomic E-state index is 11.8. The number of nitrogens with two attached hydrogens (primary N) is 1. The third-order valence-corrected chi connectivity index (χ3v) is 3.61. The van der Waals surface area contributed by atoms with Gasteiger partial charge in [0.05, 0.1) is 44.5 Å². The Labute approximate surface area is 128 Å². The van der Waals surface area contributed by atoms with Gasteiger partial charge in [-0.2, -0.15) is 0 Å². The van der Waals surface area contributed by atoms with E-state index in [9.17, 15) is 4.21 Å². The van der Waals surface area contributed by atoms with E-state index in [0.717, 1.165) is 4.90 Å². The van der Waals surface area contributed by atoms with Gasteiger partial charge < -0.3 is 19.9 Å². The van der Waals surface area contributed by atoms with Gasteiger partial charge in [0.25, 0.3) is 0 Å². The molecule has 120 valence electrons. The van der Waals surface area contributed by atoms with E-state index in [-0.39, 0.29) is 0 Å². The van der Waals surface area contributed by atoms with E-state index >= 15 is 0 Å². The van der Waals surface area contributed by atoms with E-state index < -0.39 is 11.0 Å². The lowest BCUT2D eigenvalue weighted by molar-refractivity contribution is 0.0171. The summed E-state index contributed by atoms with van der Waals surface area (Å²) in [5, 5.41) is 0. The molecule has 0 fully saturated rings. The summed E-state index contributed by atoms with van der Waals surface area (Å²) in [5.41, 5.74) is 5.28. The maximum atomic E-state index is 11.8. The third kappa shape index (κ3) is 9.67. The highest BCUT2D eigenvalue weighted by Gasteiger charge is 2.01. The van der Waals surface area contributed by atoms with Crippen LogP contribution in [0.1, 0.15) is 0 Å². The standard InChI is InChI=1S/C14H24N2O4S/c15-6-8-18-10-12-20-13-11-19-9-7-16-21(17)14-4-2-1-3-5-14/h1-5,16H,6-13,15H2. The predicted octanol–water partition coefficient (Wildman–Crippen LogP) is 0.307. The van der Waals surface area contributed by atoms with Crippen LogP contribution in [-0.2, 0) is 25.2 Å². The van der Waals surface area contributed by atoms with Crippen molar-refractivity contribution in [1.29, 1.82) is 0 Å². The minimum atomic E-state index is -1.19. The van der Waals surface area contributed by atoms with Gasteiger partial charge in [0, 0.05) is 13.1 Å². The molecular formula is C14H24N2O4S. The summed E-state index contributed by atoms with van der Waals surface area (Å²) in [5.74, 6) is 0. The van der Waals surface area contributed by atoms with Gasteiger partial charge in [-0.05, 0) is 12.1 Å². The summed E-state index contributed by atoms with van der Waals surface area (Å²) in [4.78, 5) is 0.762. The van der Waals surface area contributed by atoms with Crippen molar-refractivity contribution < 1.29 is 18.4 Å². The Balaban J connectivity index is 1.88. The fourth-order valence-corrected chi connectivity index (χ4v) is 2.30. The molecule has 0 saturated carbocycles. The van der Waals surface area contributed by atoms with Crippen molar-refractivity contribution in [2.45, 2.75) is 4.90 Å². The SMILES string of the molecule is NCCOCCOCCOCCNS(=O)c1ccccc1. The topological polar surface area (TPSA) is 82.8 Å². The zero-order chi connectivity index (χ0) is 15.2. The van der Waals surface area contributed by atoms with Gasteiger partial charge in [0.2, 0.25) is 0 Å². The third-order valence-electron chi connectivity index (χ3n) is 2.44. The second-order valence-corrected chi connectivity index (χ2v) is 5.40. The summed E-state index contributed by atoms with van der Waals surface area (Å²) >= 11 is 0. The molecule has 0 radical (unpaired) electrons. The first-order valence-corrected chi connectivity index (χ1v) is 8.13. The largest absolute Gasteiger partial charge is 0.378 e. The summed E-state index contributed by atoms with van der Waals surface area (Å²) in [6, 6.07) is 9.26. The predicted molar refractivity (Wildman–Crippen MR) is 82.4 cm³/mol. The van der Waals surface area contributed by atoms with Crippen LogP contribution in [0.3, 0.4) is 0 Å². The summed E-state index contributed by atoms with van der Waals surface area (Å²) in [6.07, 6.45) is 0. The normalized spacial score (nSPS) is 12.4. The Bertz CT molecular complexity index is 378. The summed E-state index contributed by atoms with van der Waals surface area (Å²) in [7, 11) is -1.19. The molecule has 7 heteroatoms. The molecule has 0 aliphatic rings. The Morgan fingerprint density at radius 2 is 1.48 bits per heavy atom. The molecule has 21 heavy (non-hydrogen) atoms. The second kappa shape index (κ2) is 12.9. The highest BCUT2D eigenvalue weighted by molar-refractivity contribution is 7.83. The summed E-state index contributed by atoms with van der Waals surface area (Å²) < 4.78 is 30.5. The second-order valence-electron chi connectivity index (χ2n) is 4.10. The van der Waals surface area contributed by atoms with Gasteiger partial charge >= 0.3 is 0 Å². The highest BCUT2D eigenvalue weighted by Crippen LogP contribution is 2.02. The van der Waals surface area contributed by atoms with Gasteiger partial charge in [-0.15, -0.1) is 0 Å². The fraction of sp³-hybridized carbons (Fsp3) is 0.571. The molecule has 1 aromatic carbocycles. The van der Waals surface area contributed by atoms with Crippen molar-refractivity contribution in [2.24, 2.45) is 5.73 Å². The molecule has 0 amide bonds. The monoisotopic (exact) mass is 316 g/mol. The smallest absolute Gasteiger partial charge is 0.124 e. The first-order valence-electron chi connectivity index (χ1n) is 6.98. The molecule has 3 N–H and O–H groups in total. The molecule has 0 saturated heterocycles. The van der Waals surface area contributed by atoms with Crippen molar-refractivity contribution in [1.82, 2.24) is 4.72 Å². The van der Waals surface area contributed by atoms with Crippen LogP contribution in [0, 0.1) is 0 Å². The van der Waals surface area contributed by atoms with E-state index in [4.69, 9.17) is 19.9 Å². The lowest BCUT2D eigenvalue weighted by atomic mass is 10.4. The number of hydrogen-bond donors (Lipinski definition) is 2. The van der Waals surface area contributed by atoms with Crippen LogP contribution in [0.4, 0.5) is 0 Å². The molecule has 0 bridgehead atoms. The van der Waals surface area contributed by atoms with Crippen LogP contribution in [0.2, 0.25) is 0 Å². The van der Waals surface area contributed by atoms with E-state index in [1.165, 1.54) is 0 Å². The van der Waals surface area contributed by atoms with Crippen molar-refractivity contribution in [3.63, 3.8) is 0 Å². The molecule has 1 unspecified atom stereocenters. The van der Waals surface area contributed by atoms with Crippen molar-refractivity contribution in [3.8, 4) is 0 Å². The van der Waals surface area contributed by atoms with Crippen LogP contribution in [0.25, 0.3) is 0 Å². The maximum Gasteiger partial charge on any atom is 0.124 e. The molecule has 1 rings (SSSR count). The van der Waals surface area contributed by atoms with Gasteiger partial charge in [0.15, 0.2) is 0 Å². The Hall–Kier alpha value is -0.830. The van der Waals surface area contributed by atoms with Gasteiger partial charge in [-0.1, -0.05) is 18.2 Å². The van der Waals surface area contributed by atoms with Gasteiger partial charge in [0.1, 0.15) is 11.0 Å². The molecule has 6 nitrogen and oxygen atoms in total. The number of ether oxygens (including phenoxy) is 3. The number of nitrogens with one attached hydrogen (secondary N) is 1. The molecule has 1 atom stereocenters. The Morgan fingerprint density at radius 1 is 0.905 bits per heavy atom. The molecule has 0 heterocycles. The average molecular weight is 316 g/mol. The number of hydrogen-bond acceptors (Lipinski definition) is 5. The Kier molecular flexibility index (Phi) is 11.2. The van der Waals surface area contributed by atoms with Crippen LogP contribution in [-0.4, -0.2) is 56.9 Å².